The molecule has 0 aliphatic carbocycles. The van der Waals surface area contributed by atoms with Gasteiger partial charge in [-0.1, -0.05) is 12.1 Å². The second-order valence-corrected chi connectivity index (χ2v) is 6.13. The fourth-order valence-electron chi connectivity index (χ4n) is 2.27. The van der Waals surface area contributed by atoms with Crippen LogP contribution in [-0.4, -0.2) is 28.7 Å². The highest BCUT2D eigenvalue weighted by molar-refractivity contribution is 5.77. The van der Waals surface area contributed by atoms with E-state index in [0.29, 0.717) is 19.4 Å². The highest BCUT2D eigenvalue weighted by Gasteiger charge is 2.26. The predicted molar refractivity (Wildman–Crippen MR) is 78.1 cm³/mol. The van der Waals surface area contributed by atoms with Crippen molar-refractivity contribution in [2.75, 3.05) is 6.54 Å². The number of carbonyl (C=O) groups excluding carboxylic acids is 1. The Labute approximate surface area is 124 Å². The Kier molecular flexibility index (Phi) is 5.52. The molecule has 0 aliphatic heterocycles. The van der Waals surface area contributed by atoms with E-state index in [2.05, 4.69) is 10.5 Å². The number of hydrogen-bond donors (Lipinski definition) is 2. The van der Waals surface area contributed by atoms with Gasteiger partial charge in [0.15, 0.2) is 0 Å². The van der Waals surface area contributed by atoms with Crippen LogP contribution in [-0.2, 0) is 9.59 Å². The summed E-state index contributed by atoms with van der Waals surface area (Å²) in [6.45, 7) is 9.29. The minimum atomic E-state index is -0.860. The summed E-state index contributed by atoms with van der Waals surface area (Å²) in [7, 11) is 0. The molecule has 0 fully saturated rings. The van der Waals surface area contributed by atoms with Crippen molar-refractivity contribution >= 4 is 11.9 Å². The van der Waals surface area contributed by atoms with E-state index in [1.54, 1.807) is 13.8 Å². The lowest BCUT2D eigenvalue weighted by Crippen LogP contribution is -2.32. The van der Waals surface area contributed by atoms with E-state index in [1.165, 1.54) is 0 Å². The van der Waals surface area contributed by atoms with Gasteiger partial charge in [0, 0.05) is 18.5 Å². The van der Waals surface area contributed by atoms with E-state index < -0.39 is 11.4 Å². The van der Waals surface area contributed by atoms with Crippen molar-refractivity contribution < 1.29 is 19.2 Å². The van der Waals surface area contributed by atoms with Crippen molar-refractivity contribution in [3.8, 4) is 0 Å². The molecular weight excluding hydrogens is 272 g/mol. The first-order valence-corrected chi connectivity index (χ1v) is 7.08. The fraction of sp³-hybridized carbons (Fsp3) is 0.667. The first-order valence-electron chi connectivity index (χ1n) is 7.08. The van der Waals surface area contributed by atoms with Gasteiger partial charge in [-0.05, 0) is 40.0 Å². The van der Waals surface area contributed by atoms with Crippen LogP contribution >= 0.6 is 0 Å². The smallest absolute Gasteiger partial charge is 0.309 e. The third-order valence-corrected chi connectivity index (χ3v) is 3.72. The van der Waals surface area contributed by atoms with Gasteiger partial charge in [-0.25, -0.2) is 0 Å². The average molecular weight is 296 g/mol. The molecular formula is C15H24N2O4. The Morgan fingerprint density at radius 2 is 2.00 bits per heavy atom. The first-order chi connectivity index (χ1) is 9.65. The van der Waals surface area contributed by atoms with Crippen molar-refractivity contribution in [3.63, 3.8) is 0 Å². The molecule has 21 heavy (non-hydrogen) atoms. The van der Waals surface area contributed by atoms with Crippen LogP contribution in [0.2, 0.25) is 0 Å². The summed E-state index contributed by atoms with van der Waals surface area (Å²) in [6, 6.07) is 0. The lowest BCUT2D eigenvalue weighted by Gasteiger charge is -2.19. The maximum atomic E-state index is 11.9. The molecule has 6 nitrogen and oxygen atoms in total. The zero-order valence-electron chi connectivity index (χ0n) is 13.3. The lowest BCUT2D eigenvalue weighted by molar-refractivity contribution is -0.147. The van der Waals surface area contributed by atoms with Crippen molar-refractivity contribution in [3.05, 3.63) is 17.0 Å². The van der Waals surface area contributed by atoms with Gasteiger partial charge in [-0.15, -0.1) is 0 Å². The van der Waals surface area contributed by atoms with Crippen molar-refractivity contribution in [2.45, 2.75) is 53.4 Å². The molecule has 1 heterocycles. The van der Waals surface area contributed by atoms with Crippen molar-refractivity contribution in [1.29, 1.82) is 0 Å². The lowest BCUT2D eigenvalue weighted by atomic mass is 9.89. The van der Waals surface area contributed by atoms with Crippen LogP contribution < -0.4 is 5.32 Å². The normalized spacial score (nSPS) is 13.0. The van der Waals surface area contributed by atoms with Crippen LogP contribution in [0.25, 0.3) is 0 Å². The number of carboxylic acids is 1. The summed E-state index contributed by atoms with van der Waals surface area (Å²) >= 11 is 0. The molecule has 1 aromatic rings. The fourth-order valence-corrected chi connectivity index (χ4v) is 2.27. The van der Waals surface area contributed by atoms with Crippen LogP contribution in [0.3, 0.4) is 0 Å². The van der Waals surface area contributed by atoms with E-state index in [0.717, 1.165) is 17.0 Å². The van der Waals surface area contributed by atoms with Crippen molar-refractivity contribution in [2.24, 2.45) is 5.41 Å². The molecule has 118 valence electrons. The number of nitrogens with one attached hydrogen (secondary N) is 1. The van der Waals surface area contributed by atoms with Gasteiger partial charge < -0.3 is 14.9 Å². The molecule has 0 saturated carbocycles. The number of rotatable bonds is 7. The number of nitrogens with zero attached hydrogens (tertiary/aromatic N) is 1. The Balaban J connectivity index is 2.46. The molecule has 0 saturated heterocycles. The maximum absolute atomic E-state index is 11.9. The second kappa shape index (κ2) is 6.74. The summed E-state index contributed by atoms with van der Waals surface area (Å²) < 4.78 is 5.10. The topological polar surface area (TPSA) is 92.4 Å². The van der Waals surface area contributed by atoms with Gasteiger partial charge >= 0.3 is 5.97 Å². The molecule has 0 aromatic carbocycles. The zero-order valence-corrected chi connectivity index (χ0v) is 13.3. The number of carbonyl (C=O) groups is 2. The van der Waals surface area contributed by atoms with E-state index in [-0.39, 0.29) is 11.8 Å². The van der Waals surface area contributed by atoms with Crippen LogP contribution in [0.4, 0.5) is 0 Å². The maximum Gasteiger partial charge on any atom is 0.309 e. The number of aromatic nitrogens is 1. The molecule has 1 amide bonds. The Bertz CT molecular complexity index is 500. The van der Waals surface area contributed by atoms with Crippen LogP contribution in [0, 0.1) is 19.3 Å². The van der Waals surface area contributed by atoms with Gasteiger partial charge in [0.05, 0.1) is 11.1 Å². The Morgan fingerprint density at radius 1 is 1.38 bits per heavy atom. The quantitative estimate of drug-likeness (QED) is 0.806. The van der Waals surface area contributed by atoms with Gasteiger partial charge in [-0.2, -0.15) is 0 Å². The molecule has 1 unspecified atom stereocenters. The SMILES string of the molecule is Cc1noc(C)c1C(C)CC(=O)NCCC(C)(C)C(=O)O. The van der Waals surface area contributed by atoms with Gasteiger partial charge in [-0.3, -0.25) is 9.59 Å². The molecule has 1 atom stereocenters. The summed E-state index contributed by atoms with van der Waals surface area (Å²) in [5, 5.41) is 15.7. The number of carboxylic acid groups (broad SMARTS) is 1. The molecule has 0 spiro atoms. The molecule has 0 bridgehead atoms. The third kappa shape index (κ3) is 4.58. The number of hydrogen-bond acceptors (Lipinski definition) is 4. The predicted octanol–water partition coefficient (Wildman–Crippen LogP) is 2.40. The molecule has 1 rings (SSSR count). The summed E-state index contributed by atoms with van der Waals surface area (Å²) in [4.78, 5) is 22.9. The minimum Gasteiger partial charge on any atom is -0.481 e. The van der Waals surface area contributed by atoms with E-state index in [9.17, 15) is 9.59 Å². The molecule has 0 aliphatic rings. The largest absolute Gasteiger partial charge is 0.481 e. The number of amides is 1. The molecule has 2 N–H and O–H groups in total. The van der Waals surface area contributed by atoms with Gasteiger partial charge in [0.2, 0.25) is 5.91 Å². The molecule has 1 aromatic heterocycles. The van der Waals surface area contributed by atoms with E-state index in [4.69, 9.17) is 9.63 Å². The minimum absolute atomic E-state index is 0.0173. The highest BCUT2D eigenvalue weighted by atomic mass is 16.5. The Hall–Kier alpha value is -1.85. The van der Waals surface area contributed by atoms with Crippen LogP contribution in [0.15, 0.2) is 4.52 Å². The summed E-state index contributed by atoms with van der Waals surface area (Å²) in [6.07, 6.45) is 0.726. The average Bonchev–Trinajstić information content (AvgIpc) is 2.68. The number of aliphatic carboxylic acids is 1. The number of aryl methyl sites for hydroxylation is 2. The third-order valence-electron chi connectivity index (χ3n) is 3.72. The second-order valence-electron chi connectivity index (χ2n) is 6.13. The summed E-state index contributed by atoms with van der Waals surface area (Å²) in [5.74, 6) is -0.201. The van der Waals surface area contributed by atoms with Crippen molar-refractivity contribution in [1.82, 2.24) is 10.5 Å². The Morgan fingerprint density at radius 3 is 2.48 bits per heavy atom. The highest BCUT2D eigenvalue weighted by Crippen LogP contribution is 2.25. The summed E-state index contributed by atoms with van der Waals surface area (Å²) in [5.41, 5.74) is 0.941. The standard InChI is InChI=1S/C15H24N2O4/c1-9(13-10(2)17-21-11(13)3)8-12(18)16-7-6-15(4,5)14(19)20/h9H,6-8H2,1-5H3,(H,16,18)(H,19,20). The first kappa shape index (κ1) is 17.2. The van der Waals surface area contributed by atoms with E-state index in [1.807, 2.05) is 20.8 Å². The zero-order chi connectivity index (χ0) is 16.2. The van der Waals surface area contributed by atoms with Gasteiger partial charge in [0.1, 0.15) is 5.76 Å². The molecule has 0 radical (unpaired) electrons. The monoisotopic (exact) mass is 296 g/mol. The van der Waals surface area contributed by atoms with Gasteiger partial charge in [0.25, 0.3) is 0 Å². The molecule has 6 heteroatoms. The van der Waals surface area contributed by atoms with Crippen LogP contribution in [0.1, 0.15) is 56.5 Å². The van der Waals surface area contributed by atoms with E-state index >= 15 is 0 Å². The van der Waals surface area contributed by atoms with Crippen LogP contribution in [0.5, 0.6) is 0 Å².